The minimum atomic E-state index is 0.275. The fraction of sp³-hybridized carbons (Fsp3) is 0.600. The zero-order valence-corrected chi connectivity index (χ0v) is 9.20. The van der Waals surface area contributed by atoms with Gasteiger partial charge in [0.2, 0.25) is 0 Å². The lowest BCUT2D eigenvalue weighted by molar-refractivity contribution is 0.0247. The molecule has 4 nitrogen and oxygen atoms in total. The van der Waals surface area contributed by atoms with Crippen molar-refractivity contribution in [2.24, 2.45) is 0 Å². The molecule has 0 spiro atoms. The molecule has 0 bridgehead atoms. The molecular formula is C10H14ClN3O. The second kappa shape index (κ2) is 5.28. The number of anilines is 1. The first kappa shape index (κ1) is 10.6. The van der Waals surface area contributed by atoms with E-state index in [1.165, 1.54) is 12.8 Å². The van der Waals surface area contributed by atoms with Gasteiger partial charge in [0, 0.05) is 25.5 Å². The molecule has 0 amide bonds. The maximum atomic E-state index is 5.87. The maximum Gasteiger partial charge on any atom is 0.171 e. The minimum absolute atomic E-state index is 0.275. The van der Waals surface area contributed by atoms with E-state index in [9.17, 15) is 0 Å². The molecule has 1 N–H and O–H groups in total. The predicted octanol–water partition coefficient (Wildman–Crippen LogP) is 2.11. The summed E-state index contributed by atoms with van der Waals surface area (Å²) in [5, 5.41) is 3.56. The Hall–Kier alpha value is -0.870. The summed E-state index contributed by atoms with van der Waals surface area (Å²) < 4.78 is 5.59. The minimum Gasteiger partial charge on any atom is -0.376 e. The van der Waals surface area contributed by atoms with Crippen LogP contribution in [0.15, 0.2) is 12.4 Å². The van der Waals surface area contributed by atoms with E-state index in [2.05, 4.69) is 15.3 Å². The normalized spacial score (nSPS) is 21.3. The fourth-order valence-electron chi connectivity index (χ4n) is 1.62. The van der Waals surface area contributed by atoms with Gasteiger partial charge in [0.05, 0.1) is 6.10 Å². The lowest BCUT2D eigenvalue weighted by Crippen LogP contribution is -2.27. The number of ether oxygens (including phenoxy) is 1. The Balaban J connectivity index is 1.84. The van der Waals surface area contributed by atoms with Crippen LogP contribution in [0.2, 0.25) is 5.15 Å². The second-order valence-electron chi connectivity index (χ2n) is 3.57. The summed E-state index contributed by atoms with van der Waals surface area (Å²) in [5.41, 5.74) is 0. The molecule has 1 fully saturated rings. The smallest absolute Gasteiger partial charge is 0.171 e. The van der Waals surface area contributed by atoms with Crippen molar-refractivity contribution in [2.45, 2.75) is 25.4 Å². The van der Waals surface area contributed by atoms with E-state index >= 15 is 0 Å². The number of aromatic nitrogens is 2. The molecule has 0 radical (unpaired) electrons. The van der Waals surface area contributed by atoms with Gasteiger partial charge in [0.1, 0.15) is 0 Å². The zero-order valence-electron chi connectivity index (χ0n) is 8.45. The Kier molecular flexibility index (Phi) is 3.75. The van der Waals surface area contributed by atoms with Gasteiger partial charge in [0.25, 0.3) is 0 Å². The van der Waals surface area contributed by atoms with Crippen LogP contribution in [-0.4, -0.2) is 29.2 Å². The summed E-state index contributed by atoms with van der Waals surface area (Å²) in [5.74, 6) is 0.633. The van der Waals surface area contributed by atoms with E-state index in [-0.39, 0.29) is 6.10 Å². The lowest BCUT2D eigenvalue weighted by atomic mass is 10.1. The molecule has 1 unspecified atom stereocenters. The Morgan fingerprint density at radius 1 is 1.40 bits per heavy atom. The number of nitrogens with zero attached hydrogens (tertiary/aromatic N) is 2. The predicted molar refractivity (Wildman–Crippen MR) is 59.1 cm³/mol. The van der Waals surface area contributed by atoms with E-state index in [0.29, 0.717) is 11.0 Å². The molecule has 5 heteroatoms. The van der Waals surface area contributed by atoms with E-state index in [4.69, 9.17) is 16.3 Å². The first-order chi connectivity index (χ1) is 7.36. The molecule has 0 aliphatic carbocycles. The summed E-state index contributed by atoms with van der Waals surface area (Å²) in [6.07, 6.45) is 6.98. The number of hydrogen-bond donors (Lipinski definition) is 1. The van der Waals surface area contributed by atoms with Crippen LogP contribution in [-0.2, 0) is 4.74 Å². The Morgan fingerprint density at radius 3 is 3.00 bits per heavy atom. The summed E-state index contributed by atoms with van der Waals surface area (Å²) >= 11 is 5.87. The van der Waals surface area contributed by atoms with Gasteiger partial charge in [0.15, 0.2) is 11.0 Å². The molecule has 0 saturated carbocycles. The number of rotatable bonds is 3. The third-order valence-corrected chi connectivity index (χ3v) is 2.70. The van der Waals surface area contributed by atoms with E-state index < -0.39 is 0 Å². The van der Waals surface area contributed by atoms with Crippen molar-refractivity contribution < 1.29 is 4.74 Å². The van der Waals surface area contributed by atoms with Crippen molar-refractivity contribution >= 4 is 17.4 Å². The molecule has 15 heavy (non-hydrogen) atoms. The van der Waals surface area contributed by atoms with Crippen molar-refractivity contribution in [1.29, 1.82) is 0 Å². The van der Waals surface area contributed by atoms with Crippen LogP contribution < -0.4 is 5.32 Å². The lowest BCUT2D eigenvalue weighted by Gasteiger charge is -2.22. The molecule has 2 rings (SSSR count). The molecule has 2 heterocycles. The first-order valence-corrected chi connectivity index (χ1v) is 5.56. The van der Waals surface area contributed by atoms with Gasteiger partial charge < -0.3 is 10.1 Å². The first-order valence-electron chi connectivity index (χ1n) is 5.18. The topological polar surface area (TPSA) is 47.0 Å². The summed E-state index contributed by atoms with van der Waals surface area (Å²) in [7, 11) is 0. The fourth-order valence-corrected chi connectivity index (χ4v) is 1.79. The highest BCUT2D eigenvalue weighted by molar-refractivity contribution is 6.31. The highest BCUT2D eigenvalue weighted by atomic mass is 35.5. The zero-order chi connectivity index (χ0) is 10.5. The Morgan fingerprint density at radius 2 is 2.27 bits per heavy atom. The monoisotopic (exact) mass is 227 g/mol. The molecule has 0 aromatic carbocycles. The maximum absolute atomic E-state index is 5.87. The van der Waals surface area contributed by atoms with Gasteiger partial charge in [-0.2, -0.15) is 0 Å². The van der Waals surface area contributed by atoms with Crippen LogP contribution in [0.1, 0.15) is 19.3 Å². The second-order valence-corrected chi connectivity index (χ2v) is 3.92. The molecule has 1 atom stereocenters. The number of halogens is 1. The van der Waals surface area contributed by atoms with Gasteiger partial charge in [-0.25, -0.2) is 9.97 Å². The molecule has 1 saturated heterocycles. The Labute approximate surface area is 94.0 Å². The molecule has 1 aromatic heterocycles. The van der Waals surface area contributed by atoms with Crippen LogP contribution in [0.25, 0.3) is 0 Å². The van der Waals surface area contributed by atoms with Gasteiger partial charge in [-0.1, -0.05) is 11.6 Å². The molecular weight excluding hydrogens is 214 g/mol. The standard InChI is InChI=1S/C10H14ClN3O/c11-9-10(13-5-4-12-9)14-7-8-3-1-2-6-15-8/h4-5,8H,1-3,6-7H2,(H,13,14). The quantitative estimate of drug-likeness (QED) is 0.859. The largest absolute Gasteiger partial charge is 0.376 e. The third kappa shape index (κ3) is 3.04. The van der Waals surface area contributed by atoms with Crippen molar-refractivity contribution in [3.05, 3.63) is 17.5 Å². The highest BCUT2D eigenvalue weighted by Gasteiger charge is 2.14. The summed E-state index contributed by atoms with van der Waals surface area (Å²) in [4.78, 5) is 8.04. The highest BCUT2D eigenvalue weighted by Crippen LogP contribution is 2.16. The molecule has 1 aromatic rings. The number of hydrogen-bond acceptors (Lipinski definition) is 4. The summed E-state index contributed by atoms with van der Waals surface area (Å²) in [6, 6.07) is 0. The van der Waals surface area contributed by atoms with Crippen molar-refractivity contribution in [1.82, 2.24) is 9.97 Å². The average Bonchev–Trinajstić information content (AvgIpc) is 2.29. The van der Waals surface area contributed by atoms with Gasteiger partial charge in [-0.05, 0) is 19.3 Å². The SMILES string of the molecule is Clc1nccnc1NCC1CCCCO1. The number of nitrogens with one attached hydrogen (secondary N) is 1. The van der Waals surface area contributed by atoms with E-state index in [0.717, 1.165) is 19.6 Å². The molecule has 1 aliphatic rings. The van der Waals surface area contributed by atoms with Crippen LogP contribution >= 0.6 is 11.6 Å². The van der Waals surface area contributed by atoms with E-state index in [1.54, 1.807) is 12.4 Å². The van der Waals surface area contributed by atoms with Gasteiger partial charge in [-0.3, -0.25) is 0 Å². The van der Waals surface area contributed by atoms with Gasteiger partial charge in [-0.15, -0.1) is 0 Å². The Bertz CT molecular complexity index is 315. The van der Waals surface area contributed by atoms with Crippen molar-refractivity contribution in [3.63, 3.8) is 0 Å². The molecule has 1 aliphatic heterocycles. The van der Waals surface area contributed by atoms with Crippen LogP contribution in [0.4, 0.5) is 5.82 Å². The van der Waals surface area contributed by atoms with Crippen molar-refractivity contribution in [3.8, 4) is 0 Å². The van der Waals surface area contributed by atoms with Crippen molar-refractivity contribution in [2.75, 3.05) is 18.5 Å². The van der Waals surface area contributed by atoms with Crippen LogP contribution in [0.3, 0.4) is 0 Å². The molecule has 82 valence electrons. The van der Waals surface area contributed by atoms with Crippen LogP contribution in [0.5, 0.6) is 0 Å². The third-order valence-electron chi connectivity index (χ3n) is 2.42. The summed E-state index contributed by atoms with van der Waals surface area (Å²) in [6.45, 7) is 1.61. The van der Waals surface area contributed by atoms with E-state index in [1.807, 2.05) is 0 Å². The average molecular weight is 228 g/mol. The van der Waals surface area contributed by atoms with Gasteiger partial charge >= 0.3 is 0 Å². The van der Waals surface area contributed by atoms with Crippen LogP contribution in [0, 0.1) is 0 Å².